The second kappa shape index (κ2) is 14.9. The van der Waals surface area contributed by atoms with Crippen molar-refractivity contribution >= 4 is 17.6 Å². The lowest BCUT2D eigenvalue weighted by Crippen LogP contribution is -2.42. The maximum absolute atomic E-state index is 13.2. The molecule has 0 aliphatic heterocycles. The van der Waals surface area contributed by atoms with Crippen molar-refractivity contribution in [2.75, 3.05) is 5.32 Å². The van der Waals surface area contributed by atoms with Crippen LogP contribution in [0, 0.1) is 6.92 Å². The van der Waals surface area contributed by atoms with Crippen LogP contribution in [0.1, 0.15) is 50.2 Å². The van der Waals surface area contributed by atoms with Gasteiger partial charge in [-0.3, -0.25) is 4.57 Å². The number of benzene rings is 1. The summed E-state index contributed by atoms with van der Waals surface area (Å²) in [5, 5.41) is 12.2. The number of aromatic carboxylic acids is 1. The fourth-order valence-corrected chi connectivity index (χ4v) is 3.42. The van der Waals surface area contributed by atoms with Crippen LogP contribution in [0.4, 0.5) is 11.6 Å². The van der Waals surface area contributed by atoms with Gasteiger partial charge in [0.1, 0.15) is 5.75 Å². The van der Waals surface area contributed by atoms with Crippen LogP contribution in [0.15, 0.2) is 82.4 Å². The molecule has 10 heteroatoms. The lowest BCUT2D eigenvalue weighted by atomic mass is 10.2. The number of pyridine rings is 1. The molecule has 0 spiro atoms. The summed E-state index contributed by atoms with van der Waals surface area (Å²) < 4.78 is 8.24. The third kappa shape index (κ3) is 8.39. The molecule has 0 amide bonds. The number of anilines is 2. The van der Waals surface area contributed by atoms with Crippen LogP contribution in [-0.2, 0) is 13.1 Å². The van der Waals surface area contributed by atoms with Crippen LogP contribution >= 0.6 is 0 Å². The Labute approximate surface area is 227 Å². The fraction of sp³-hybridized carbons (Fsp3) is 0.276. The van der Waals surface area contributed by atoms with E-state index in [0.717, 1.165) is 4.57 Å². The van der Waals surface area contributed by atoms with Gasteiger partial charge in [-0.05, 0) is 55.7 Å². The van der Waals surface area contributed by atoms with Crippen molar-refractivity contribution in [3.05, 3.63) is 105 Å². The number of hydrogen-bond acceptors (Lipinski definition) is 7. The largest absolute Gasteiger partial charge is 0.477 e. The van der Waals surface area contributed by atoms with Crippen molar-refractivity contribution in [2.24, 2.45) is 0 Å². The first-order chi connectivity index (χ1) is 18.7. The lowest BCUT2D eigenvalue weighted by molar-refractivity contribution is 0.0689. The average molecular weight is 534 g/mol. The monoisotopic (exact) mass is 533 g/mol. The van der Waals surface area contributed by atoms with Crippen molar-refractivity contribution in [1.29, 1.82) is 0 Å². The van der Waals surface area contributed by atoms with Crippen LogP contribution < -0.4 is 21.4 Å². The Hall–Kier alpha value is -4.73. The Balaban J connectivity index is 0.00000260. The Morgan fingerprint density at radius 3 is 2.51 bits per heavy atom. The smallest absolute Gasteiger partial charge is 0.354 e. The molecule has 1 aromatic carbocycles. The van der Waals surface area contributed by atoms with Crippen LogP contribution in [0.3, 0.4) is 0 Å². The summed E-state index contributed by atoms with van der Waals surface area (Å²) in [6.07, 6.45) is 7.94. The number of hydrogen-bond donors (Lipinski definition) is 2. The zero-order valence-electron chi connectivity index (χ0n) is 23.0. The summed E-state index contributed by atoms with van der Waals surface area (Å²) in [5.41, 5.74) is 0.688. The number of ether oxygens (including phenoxy) is 1. The predicted molar refractivity (Wildman–Crippen MR) is 153 cm³/mol. The number of nitrogens with one attached hydrogen (secondary N) is 1. The van der Waals surface area contributed by atoms with E-state index >= 15 is 0 Å². The highest BCUT2D eigenvalue weighted by atomic mass is 16.5. The van der Waals surface area contributed by atoms with Crippen molar-refractivity contribution < 1.29 is 14.6 Å². The van der Waals surface area contributed by atoms with Gasteiger partial charge in [-0.1, -0.05) is 57.7 Å². The quantitative estimate of drug-likeness (QED) is 0.311. The highest BCUT2D eigenvalue weighted by molar-refractivity contribution is 5.85. The molecule has 0 saturated carbocycles. The maximum Gasteiger partial charge on any atom is 0.354 e. The number of carboxylic acid groups (broad SMARTS) is 1. The molecule has 39 heavy (non-hydrogen) atoms. The molecule has 0 atom stereocenters. The molecule has 2 N–H and O–H groups in total. The molecule has 0 aliphatic rings. The van der Waals surface area contributed by atoms with E-state index < -0.39 is 17.3 Å². The van der Waals surface area contributed by atoms with Gasteiger partial charge in [0.25, 0.3) is 0 Å². The topological polar surface area (TPSA) is 128 Å². The molecular formula is C29H35N5O5. The second-order valence-corrected chi connectivity index (χ2v) is 8.16. The number of allylic oxidation sites excluding steroid dienone is 5. The molecule has 0 radical (unpaired) electrons. The van der Waals surface area contributed by atoms with Gasteiger partial charge in [-0.2, -0.15) is 4.98 Å². The molecule has 0 aliphatic carbocycles. The Kier molecular flexibility index (Phi) is 11.6. The van der Waals surface area contributed by atoms with E-state index in [1.165, 1.54) is 10.6 Å². The maximum atomic E-state index is 13.2. The van der Waals surface area contributed by atoms with Crippen molar-refractivity contribution in [3.8, 4) is 11.6 Å². The average Bonchev–Trinajstić information content (AvgIpc) is 2.92. The van der Waals surface area contributed by atoms with E-state index in [0.29, 0.717) is 29.0 Å². The van der Waals surface area contributed by atoms with Crippen molar-refractivity contribution in [2.45, 2.75) is 54.1 Å². The van der Waals surface area contributed by atoms with Gasteiger partial charge in [-0.15, -0.1) is 0 Å². The molecule has 10 nitrogen and oxygen atoms in total. The third-order valence-corrected chi connectivity index (χ3v) is 5.18. The molecule has 206 valence electrons. The molecule has 3 rings (SSSR count). The van der Waals surface area contributed by atoms with Gasteiger partial charge in [0, 0.05) is 18.3 Å². The Morgan fingerprint density at radius 1 is 1.13 bits per heavy atom. The fourth-order valence-electron chi connectivity index (χ4n) is 3.42. The minimum atomic E-state index is -1.15. The lowest BCUT2D eigenvalue weighted by Gasteiger charge is -2.16. The number of rotatable bonds is 11. The molecule has 3 aromatic rings. The third-order valence-electron chi connectivity index (χ3n) is 5.18. The molecular weight excluding hydrogens is 498 g/mol. The molecule has 0 fully saturated rings. The van der Waals surface area contributed by atoms with Gasteiger partial charge in [0.15, 0.2) is 5.69 Å². The molecule has 2 heterocycles. The standard InChI is InChI=1S/C27H29N5O5.C2H6/c1-5-7-8-10-18(3)17-32-25(30-26(35)31(15-6-2)27(32)36)28-20-13-14-22(19(4)16-20)37-23-12-9-11-21(29-23)24(33)34;1-2/h5,7-14,16H,3,6,15,17H2,1-2,4H3,(H,33,34)(H,28,30,35);1-2H3/b7-5-,10-8-;. The van der Waals surface area contributed by atoms with Crippen LogP contribution in [-0.4, -0.2) is 30.2 Å². The van der Waals surface area contributed by atoms with Crippen LogP contribution in [0.25, 0.3) is 0 Å². The van der Waals surface area contributed by atoms with Gasteiger partial charge >= 0.3 is 17.3 Å². The predicted octanol–water partition coefficient (Wildman–Crippen LogP) is 5.47. The van der Waals surface area contributed by atoms with E-state index in [-0.39, 0.29) is 30.6 Å². The summed E-state index contributed by atoms with van der Waals surface area (Å²) in [6, 6.07) is 9.60. The summed E-state index contributed by atoms with van der Waals surface area (Å²) in [4.78, 5) is 45.0. The molecule has 0 unspecified atom stereocenters. The van der Waals surface area contributed by atoms with Gasteiger partial charge < -0.3 is 15.2 Å². The summed E-state index contributed by atoms with van der Waals surface area (Å²) >= 11 is 0. The first kappa shape index (κ1) is 30.5. The molecule has 0 saturated heterocycles. The minimum Gasteiger partial charge on any atom is -0.477 e. The van der Waals surface area contributed by atoms with Gasteiger partial charge in [-0.25, -0.2) is 23.9 Å². The van der Waals surface area contributed by atoms with E-state index in [1.807, 2.05) is 45.9 Å². The zero-order valence-corrected chi connectivity index (χ0v) is 23.0. The zero-order chi connectivity index (χ0) is 28.9. The summed E-state index contributed by atoms with van der Waals surface area (Å²) in [5.74, 6) is -0.456. The minimum absolute atomic E-state index is 0.0897. The molecule has 0 bridgehead atoms. The first-order valence-corrected chi connectivity index (χ1v) is 12.7. The number of nitrogens with zero attached hydrogens (tertiary/aromatic N) is 4. The molecule has 2 aromatic heterocycles. The van der Waals surface area contributed by atoms with Crippen molar-refractivity contribution in [1.82, 2.24) is 19.1 Å². The van der Waals surface area contributed by atoms with Gasteiger partial charge in [0.05, 0.1) is 6.54 Å². The van der Waals surface area contributed by atoms with Gasteiger partial charge in [0.2, 0.25) is 11.8 Å². The summed E-state index contributed by atoms with van der Waals surface area (Å²) in [7, 11) is 0. The van der Waals surface area contributed by atoms with E-state index in [4.69, 9.17) is 9.84 Å². The SMILES string of the molecule is C=C(/C=C\C=C/C)Cn1c(Nc2ccc(Oc3cccc(C(=O)O)n3)c(C)c2)nc(=O)n(CCC)c1=O.CC. The normalized spacial score (nSPS) is 10.8. The van der Waals surface area contributed by atoms with E-state index in [9.17, 15) is 14.4 Å². The highest BCUT2D eigenvalue weighted by Crippen LogP contribution is 2.27. The van der Waals surface area contributed by atoms with E-state index in [2.05, 4.69) is 21.9 Å². The highest BCUT2D eigenvalue weighted by Gasteiger charge is 2.15. The number of carbonyl (C=O) groups is 1. The van der Waals surface area contributed by atoms with Crippen LogP contribution in [0.2, 0.25) is 0 Å². The summed E-state index contributed by atoms with van der Waals surface area (Å²) in [6.45, 7) is 14.0. The van der Waals surface area contributed by atoms with E-state index in [1.54, 1.807) is 43.3 Å². The number of aryl methyl sites for hydroxylation is 1. The Morgan fingerprint density at radius 2 is 1.87 bits per heavy atom. The van der Waals surface area contributed by atoms with Crippen molar-refractivity contribution in [3.63, 3.8) is 0 Å². The number of aromatic nitrogens is 4. The van der Waals surface area contributed by atoms with Crippen LogP contribution in [0.5, 0.6) is 11.6 Å². The first-order valence-electron chi connectivity index (χ1n) is 12.7. The number of carboxylic acids is 1. The second-order valence-electron chi connectivity index (χ2n) is 8.16. The Bertz CT molecular complexity index is 1480.